The molecule has 2 aliphatic rings. The van der Waals surface area contributed by atoms with Gasteiger partial charge in [0, 0.05) is 25.3 Å². The van der Waals surface area contributed by atoms with E-state index >= 15 is 0 Å². The third-order valence-electron chi connectivity index (χ3n) is 5.60. The van der Waals surface area contributed by atoms with E-state index in [2.05, 4.69) is 10.6 Å². The first kappa shape index (κ1) is 22.5. The zero-order valence-corrected chi connectivity index (χ0v) is 18.1. The van der Waals surface area contributed by atoms with Gasteiger partial charge in [0.15, 0.2) is 5.11 Å². The van der Waals surface area contributed by atoms with Gasteiger partial charge in [0.1, 0.15) is 6.23 Å². The lowest BCUT2D eigenvalue weighted by molar-refractivity contribution is -0.134. The van der Waals surface area contributed by atoms with Gasteiger partial charge >= 0.3 is 5.97 Å². The Morgan fingerprint density at radius 1 is 1.20 bits per heavy atom. The van der Waals surface area contributed by atoms with Crippen molar-refractivity contribution in [3.63, 3.8) is 0 Å². The molecule has 8 nitrogen and oxygen atoms in total. The highest BCUT2D eigenvalue weighted by atomic mass is 32.1. The summed E-state index contributed by atoms with van der Waals surface area (Å²) in [5.74, 6) is -0.345. The summed E-state index contributed by atoms with van der Waals surface area (Å²) in [6.07, 6.45) is 3.90. The second-order valence-corrected chi connectivity index (χ2v) is 8.15. The average Bonchev–Trinajstić information content (AvgIpc) is 3.23. The number of hydrogen-bond acceptors (Lipinski definition) is 6. The van der Waals surface area contributed by atoms with E-state index in [9.17, 15) is 14.7 Å². The van der Waals surface area contributed by atoms with Gasteiger partial charge in [-0.25, -0.2) is 4.79 Å². The Bertz CT molecular complexity index is 769. The lowest BCUT2D eigenvalue weighted by Crippen LogP contribution is -2.53. The zero-order valence-electron chi connectivity index (χ0n) is 17.3. The number of carbonyl (C=O) groups excluding carboxylic acids is 2. The number of nitrogens with zero attached hydrogens (tertiary/aromatic N) is 2. The van der Waals surface area contributed by atoms with E-state index in [0.29, 0.717) is 22.9 Å². The summed E-state index contributed by atoms with van der Waals surface area (Å²) in [7, 11) is 1.34. The number of ether oxygens (including phenoxy) is 1. The van der Waals surface area contributed by atoms with Crippen molar-refractivity contribution >= 4 is 34.9 Å². The van der Waals surface area contributed by atoms with Crippen LogP contribution in [0.15, 0.2) is 24.3 Å². The summed E-state index contributed by atoms with van der Waals surface area (Å²) >= 11 is 5.42. The van der Waals surface area contributed by atoms with Crippen molar-refractivity contribution in [2.24, 2.45) is 0 Å². The number of esters is 1. The number of aliphatic hydroxyl groups excluding tert-OH is 1. The second-order valence-electron chi connectivity index (χ2n) is 7.75. The van der Waals surface area contributed by atoms with Crippen LogP contribution in [-0.4, -0.2) is 77.5 Å². The Hall–Kier alpha value is -2.23. The number of nitrogens with one attached hydrogen (secondary N) is 2. The van der Waals surface area contributed by atoms with Crippen LogP contribution in [0.3, 0.4) is 0 Å². The summed E-state index contributed by atoms with van der Waals surface area (Å²) in [5.41, 5.74) is 1.07. The van der Waals surface area contributed by atoms with Gasteiger partial charge < -0.3 is 25.4 Å². The third-order valence-corrected chi connectivity index (χ3v) is 5.82. The molecule has 0 bridgehead atoms. The molecule has 30 heavy (non-hydrogen) atoms. The first-order chi connectivity index (χ1) is 14.5. The number of anilines is 1. The van der Waals surface area contributed by atoms with Crippen LogP contribution in [0.4, 0.5) is 5.69 Å². The average molecular weight is 435 g/mol. The summed E-state index contributed by atoms with van der Waals surface area (Å²) in [6.45, 7) is 2.52. The molecule has 0 aliphatic carbocycles. The molecule has 0 radical (unpaired) electrons. The number of methoxy groups -OCH3 is 1. The first-order valence-electron chi connectivity index (χ1n) is 10.4. The van der Waals surface area contributed by atoms with Crippen molar-refractivity contribution in [2.75, 3.05) is 38.6 Å². The highest BCUT2D eigenvalue weighted by molar-refractivity contribution is 7.80. The molecule has 0 saturated carbocycles. The number of benzene rings is 1. The van der Waals surface area contributed by atoms with Crippen LogP contribution >= 0.6 is 12.2 Å². The van der Waals surface area contributed by atoms with Gasteiger partial charge in [-0.3, -0.25) is 9.69 Å². The monoisotopic (exact) mass is 434 g/mol. The number of thiocarbonyl (C=S) groups is 1. The number of likely N-dealkylation sites (tertiary alicyclic amines) is 2. The van der Waals surface area contributed by atoms with Gasteiger partial charge in [-0.2, -0.15) is 0 Å². The number of carbonyl (C=O) groups is 2. The van der Waals surface area contributed by atoms with Gasteiger partial charge in [-0.15, -0.1) is 0 Å². The maximum atomic E-state index is 12.5. The zero-order chi connectivity index (χ0) is 21.5. The SMILES string of the molecule is COC(=O)c1cccc(NC(=S)NC2CCCCN(CC(=O)N3CCCC3)C2O)c1. The molecule has 164 valence electrons. The van der Waals surface area contributed by atoms with Crippen molar-refractivity contribution < 1.29 is 19.4 Å². The molecule has 2 unspecified atom stereocenters. The largest absolute Gasteiger partial charge is 0.465 e. The Labute approximate surface area is 182 Å². The predicted molar refractivity (Wildman–Crippen MR) is 118 cm³/mol. The van der Waals surface area contributed by atoms with Crippen LogP contribution in [0.25, 0.3) is 0 Å². The van der Waals surface area contributed by atoms with Gasteiger partial charge in [0.2, 0.25) is 5.91 Å². The number of hydrogen-bond donors (Lipinski definition) is 3. The van der Waals surface area contributed by atoms with Crippen LogP contribution in [0.1, 0.15) is 42.5 Å². The van der Waals surface area contributed by atoms with Crippen LogP contribution in [0.2, 0.25) is 0 Å². The summed E-state index contributed by atoms with van der Waals surface area (Å²) in [5, 5.41) is 17.5. The van der Waals surface area contributed by atoms with Crippen molar-refractivity contribution in [1.82, 2.24) is 15.1 Å². The summed E-state index contributed by atoms with van der Waals surface area (Å²) in [4.78, 5) is 27.9. The third kappa shape index (κ3) is 5.90. The fourth-order valence-electron chi connectivity index (χ4n) is 3.95. The molecule has 0 aromatic heterocycles. The number of amides is 1. The molecular formula is C21H30N4O4S. The quantitative estimate of drug-likeness (QED) is 0.475. The van der Waals surface area contributed by atoms with E-state index < -0.39 is 12.2 Å². The molecule has 2 heterocycles. The fraction of sp³-hybridized carbons (Fsp3) is 0.571. The minimum Gasteiger partial charge on any atom is -0.465 e. The molecule has 9 heteroatoms. The maximum Gasteiger partial charge on any atom is 0.337 e. The highest BCUT2D eigenvalue weighted by Gasteiger charge is 2.31. The van der Waals surface area contributed by atoms with Gasteiger partial charge in [-0.05, 0) is 62.5 Å². The van der Waals surface area contributed by atoms with E-state index in [4.69, 9.17) is 17.0 Å². The van der Waals surface area contributed by atoms with Crippen molar-refractivity contribution in [1.29, 1.82) is 0 Å². The molecule has 1 amide bonds. The predicted octanol–water partition coefficient (Wildman–Crippen LogP) is 1.55. The van der Waals surface area contributed by atoms with E-state index in [1.54, 1.807) is 24.3 Å². The second kappa shape index (κ2) is 10.7. The fourth-order valence-corrected chi connectivity index (χ4v) is 4.22. The Morgan fingerprint density at radius 3 is 2.67 bits per heavy atom. The van der Waals surface area contributed by atoms with Gasteiger partial charge in [0.05, 0.1) is 25.3 Å². The molecule has 3 rings (SSSR count). The van der Waals surface area contributed by atoms with Gasteiger partial charge in [-0.1, -0.05) is 6.07 Å². The number of rotatable bonds is 5. The Balaban J connectivity index is 1.58. The van der Waals surface area contributed by atoms with E-state index in [-0.39, 0.29) is 18.5 Å². The van der Waals surface area contributed by atoms with Crippen LogP contribution in [0, 0.1) is 0 Å². The van der Waals surface area contributed by atoms with Gasteiger partial charge in [0.25, 0.3) is 0 Å². The smallest absolute Gasteiger partial charge is 0.337 e. The Morgan fingerprint density at radius 2 is 1.93 bits per heavy atom. The summed E-state index contributed by atoms with van der Waals surface area (Å²) < 4.78 is 4.74. The first-order valence-corrected chi connectivity index (χ1v) is 10.8. The number of aliphatic hydroxyl groups is 1. The molecular weight excluding hydrogens is 404 g/mol. The molecule has 1 aromatic carbocycles. The molecule has 2 atom stereocenters. The highest BCUT2D eigenvalue weighted by Crippen LogP contribution is 2.18. The van der Waals surface area contributed by atoms with E-state index in [0.717, 1.165) is 45.2 Å². The minimum absolute atomic E-state index is 0.0764. The van der Waals surface area contributed by atoms with E-state index in [1.807, 2.05) is 9.80 Å². The van der Waals surface area contributed by atoms with Crippen molar-refractivity contribution in [3.8, 4) is 0 Å². The molecule has 0 spiro atoms. The molecule has 2 fully saturated rings. The van der Waals surface area contributed by atoms with Crippen molar-refractivity contribution in [2.45, 2.75) is 44.4 Å². The normalized spacial score (nSPS) is 22.3. The minimum atomic E-state index is -0.805. The summed E-state index contributed by atoms with van der Waals surface area (Å²) in [6, 6.07) is 6.57. The molecule has 1 aromatic rings. The van der Waals surface area contributed by atoms with Crippen molar-refractivity contribution in [3.05, 3.63) is 29.8 Å². The van der Waals surface area contributed by atoms with E-state index in [1.165, 1.54) is 7.11 Å². The molecule has 2 saturated heterocycles. The molecule has 3 N–H and O–H groups in total. The lowest BCUT2D eigenvalue weighted by Gasteiger charge is -2.32. The lowest BCUT2D eigenvalue weighted by atomic mass is 10.1. The van der Waals surface area contributed by atoms with Crippen LogP contribution in [0.5, 0.6) is 0 Å². The van der Waals surface area contributed by atoms with Crippen LogP contribution in [-0.2, 0) is 9.53 Å². The van der Waals surface area contributed by atoms with Crippen LogP contribution < -0.4 is 10.6 Å². The maximum absolute atomic E-state index is 12.5. The topological polar surface area (TPSA) is 94.1 Å². The Kier molecular flexibility index (Phi) is 8.01. The standard InChI is InChI=1S/C21H30N4O4S/c1-29-20(28)15-7-6-8-16(13-15)22-21(30)23-17-9-2-3-12-25(19(17)27)14-18(26)24-10-4-5-11-24/h6-8,13,17,19,27H,2-5,9-12,14H2,1H3,(H2,22,23,30). The molecule has 2 aliphatic heterocycles.